The summed E-state index contributed by atoms with van der Waals surface area (Å²) in [7, 11) is 2.59. The molecule has 1 radical (unpaired) electrons. The molecule has 1 unspecified atom stereocenters. The highest BCUT2D eigenvalue weighted by molar-refractivity contribution is 6.70. The predicted octanol–water partition coefficient (Wildman–Crippen LogP) is 1.78. The lowest BCUT2D eigenvalue weighted by atomic mass is 9.81. The average molecular weight is 537 g/mol. The normalized spacial score (nSPS) is 19.0. The Labute approximate surface area is 235 Å². The maximum atomic E-state index is 11.5. The first-order valence-electron chi connectivity index (χ1n) is 13.2. The number of carbonyl (C=O) groups is 1. The van der Waals surface area contributed by atoms with E-state index in [2.05, 4.69) is 44.1 Å². The van der Waals surface area contributed by atoms with E-state index in [1.807, 2.05) is 23.0 Å². The number of pyridine rings is 1. The van der Waals surface area contributed by atoms with Gasteiger partial charge < -0.3 is 29.5 Å². The number of anilines is 3. The Bertz CT molecular complexity index is 1430. The van der Waals surface area contributed by atoms with Gasteiger partial charge in [-0.15, -0.1) is 0 Å². The molecular formula is C27H31B2N8O3. The molecule has 1 aromatic carbocycles. The second-order valence-electron chi connectivity index (χ2n) is 10.4. The lowest BCUT2D eigenvalue weighted by molar-refractivity contribution is 0.150. The molecule has 203 valence electrons. The smallest absolute Gasteiger partial charge is 0.376 e. The maximum Gasteiger partial charge on any atom is 0.376 e. The second-order valence-corrected chi connectivity index (χ2v) is 10.4. The van der Waals surface area contributed by atoms with E-state index in [-0.39, 0.29) is 5.41 Å². The van der Waals surface area contributed by atoms with Crippen LogP contribution in [0.15, 0.2) is 42.7 Å². The first-order valence-corrected chi connectivity index (χ1v) is 13.2. The highest BCUT2D eigenvalue weighted by Crippen LogP contribution is 2.45. The van der Waals surface area contributed by atoms with Gasteiger partial charge in [-0.1, -0.05) is 6.92 Å². The Morgan fingerprint density at radius 1 is 1.25 bits per heavy atom. The number of fused-ring (bicyclic) bond motifs is 1. The summed E-state index contributed by atoms with van der Waals surface area (Å²) in [6.07, 6.45) is 4.08. The molecule has 1 atom stereocenters. The number of methoxy groups -OCH3 is 1. The van der Waals surface area contributed by atoms with Crippen molar-refractivity contribution in [3.8, 4) is 23.2 Å². The third-order valence-electron chi connectivity index (χ3n) is 7.60. The van der Waals surface area contributed by atoms with Crippen LogP contribution in [-0.4, -0.2) is 96.7 Å². The molecule has 0 aliphatic carbocycles. The zero-order valence-corrected chi connectivity index (χ0v) is 22.9. The van der Waals surface area contributed by atoms with Crippen molar-refractivity contribution in [2.75, 3.05) is 56.5 Å². The molecule has 2 N–H and O–H groups in total. The van der Waals surface area contributed by atoms with E-state index in [1.165, 1.54) is 7.41 Å². The Kier molecular flexibility index (Phi) is 8.02. The van der Waals surface area contributed by atoms with Gasteiger partial charge in [0.15, 0.2) is 0 Å². The number of aromatic nitrogens is 3. The number of hydrogen-bond donors (Lipinski definition) is 2. The molecule has 2 aliphatic rings. The fraction of sp³-hybridized carbons (Fsp3) is 0.370. The number of rotatable bonds is 9. The summed E-state index contributed by atoms with van der Waals surface area (Å²) in [4.78, 5) is 31.2. The molecule has 3 aromatic rings. The van der Waals surface area contributed by atoms with E-state index in [0.717, 1.165) is 55.7 Å². The molecule has 1 fully saturated rings. The van der Waals surface area contributed by atoms with Gasteiger partial charge in [0.25, 0.3) is 0 Å². The summed E-state index contributed by atoms with van der Waals surface area (Å²) in [5.41, 5.74) is 3.98. The van der Waals surface area contributed by atoms with Crippen LogP contribution in [0.5, 0.6) is 5.88 Å². The Morgan fingerprint density at radius 2 is 2.05 bits per heavy atom. The summed E-state index contributed by atoms with van der Waals surface area (Å²) in [5.74, 6) is 0.801. The quantitative estimate of drug-likeness (QED) is 0.306. The lowest BCUT2D eigenvalue weighted by Gasteiger charge is -2.39. The summed E-state index contributed by atoms with van der Waals surface area (Å²) >= 11 is 0. The molecule has 40 heavy (non-hydrogen) atoms. The zero-order chi connectivity index (χ0) is 28.3. The largest absolute Gasteiger partial charge is 0.480 e. The van der Waals surface area contributed by atoms with Gasteiger partial charge in [0.2, 0.25) is 11.8 Å². The monoisotopic (exact) mass is 537 g/mol. The highest BCUT2D eigenvalue weighted by atomic mass is 16.5. The molecule has 1 saturated heterocycles. The third kappa shape index (κ3) is 5.51. The van der Waals surface area contributed by atoms with Crippen LogP contribution in [0.1, 0.15) is 18.1 Å². The molecule has 4 heterocycles. The molecular weight excluding hydrogens is 506 g/mol. The van der Waals surface area contributed by atoms with Gasteiger partial charge in [-0.2, -0.15) is 5.26 Å². The van der Waals surface area contributed by atoms with Gasteiger partial charge in [0, 0.05) is 68.3 Å². The van der Waals surface area contributed by atoms with E-state index in [4.69, 9.17) is 9.72 Å². The van der Waals surface area contributed by atoms with Gasteiger partial charge in [-0.3, -0.25) is 4.90 Å². The summed E-state index contributed by atoms with van der Waals surface area (Å²) < 4.78 is 5.33. The van der Waals surface area contributed by atoms with Gasteiger partial charge in [0.05, 0.1) is 18.4 Å². The summed E-state index contributed by atoms with van der Waals surface area (Å²) in [6, 6.07) is 11.7. The third-order valence-corrected chi connectivity index (χ3v) is 7.60. The number of nitrogens with one attached hydrogen (secondary N) is 1. The number of carbonyl (C=O) groups excluding carboxylic acids is 1. The van der Waals surface area contributed by atoms with Crippen molar-refractivity contribution in [3.05, 3.63) is 53.9 Å². The summed E-state index contributed by atoms with van der Waals surface area (Å²) in [6.45, 7) is 8.53. The van der Waals surface area contributed by atoms with E-state index < -0.39 is 7.05 Å². The van der Waals surface area contributed by atoms with Crippen LogP contribution >= 0.6 is 0 Å². The van der Waals surface area contributed by atoms with E-state index >= 15 is 0 Å². The maximum absolute atomic E-state index is 11.5. The first kappa shape index (κ1) is 27.6. The van der Waals surface area contributed by atoms with Crippen molar-refractivity contribution in [2.24, 2.45) is 0 Å². The highest BCUT2D eigenvalue weighted by Gasteiger charge is 2.42. The first-order chi connectivity index (χ1) is 19.3. The van der Waals surface area contributed by atoms with Gasteiger partial charge >= 0.3 is 14.5 Å². The minimum absolute atomic E-state index is 0.347. The standard InChI is InChI=1S/C27H31B2N8O3/c1-27(16-35-9-11-36(12-10-35)29(2)39)17-37(28-18-38)24-20(15-30)13-19(14-21(24)27)22-6-8-32-26(33-22)34-23-5-4-7-31-25(23)40-3/h4-8,13-14,18,39H,9-12,16-17H2,1-3H3,(H,32,33,34). The molecule has 5 rings (SSSR count). The second kappa shape index (κ2) is 11.6. The molecule has 0 bridgehead atoms. The number of piperazine rings is 1. The topological polar surface area (TPSA) is 131 Å². The van der Waals surface area contributed by atoms with Crippen molar-refractivity contribution in [1.82, 2.24) is 24.7 Å². The van der Waals surface area contributed by atoms with Crippen molar-refractivity contribution in [2.45, 2.75) is 19.2 Å². The summed E-state index contributed by atoms with van der Waals surface area (Å²) in [5, 5.41) is 23.3. The van der Waals surface area contributed by atoms with Crippen LogP contribution in [0.2, 0.25) is 6.82 Å². The number of hydrogen-bond acceptors (Lipinski definition) is 11. The molecule has 0 spiro atoms. The number of benzene rings is 1. The van der Waals surface area contributed by atoms with E-state index in [0.29, 0.717) is 35.3 Å². The number of nitriles is 1. The minimum atomic E-state index is -0.463. The fourth-order valence-electron chi connectivity index (χ4n) is 5.65. The lowest BCUT2D eigenvalue weighted by Crippen LogP contribution is -2.54. The molecule has 0 saturated carbocycles. The molecule has 2 aliphatic heterocycles. The van der Waals surface area contributed by atoms with Crippen LogP contribution in [0, 0.1) is 11.3 Å². The Hall–Kier alpha value is -3.98. The van der Waals surface area contributed by atoms with Gasteiger partial charge in [-0.25, -0.2) is 15.0 Å². The average Bonchev–Trinajstić information content (AvgIpc) is 3.24. The van der Waals surface area contributed by atoms with Crippen LogP contribution in [0.3, 0.4) is 0 Å². The van der Waals surface area contributed by atoms with Gasteiger partial charge in [0.1, 0.15) is 17.9 Å². The van der Waals surface area contributed by atoms with Crippen molar-refractivity contribution in [3.63, 3.8) is 0 Å². The van der Waals surface area contributed by atoms with Crippen molar-refractivity contribution >= 4 is 38.0 Å². The van der Waals surface area contributed by atoms with Gasteiger partial charge in [-0.05, 0) is 42.7 Å². The SMILES string of the molecule is COc1ncccc1Nc1nccc(-c2cc(C#N)c3c(c2)C(C)(CN2CCN(B(C)O)CC2)CN3[B]C=O)n1. The molecule has 11 nitrogen and oxygen atoms in total. The Morgan fingerprint density at radius 3 is 2.75 bits per heavy atom. The predicted molar refractivity (Wildman–Crippen MR) is 155 cm³/mol. The molecule has 13 heteroatoms. The molecule has 2 aromatic heterocycles. The van der Waals surface area contributed by atoms with Crippen molar-refractivity contribution < 1.29 is 14.6 Å². The van der Waals surface area contributed by atoms with Crippen LogP contribution in [-0.2, 0) is 10.2 Å². The fourth-order valence-corrected chi connectivity index (χ4v) is 5.65. The molecule has 0 amide bonds. The van der Waals surface area contributed by atoms with Crippen molar-refractivity contribution in [1.29, 1.82) is 5.26 Å². The zero-order valence-electron chi connectivity index (χ0n) is 22.9. The number of ether oxygens (including phenoxy) is 1. The van der Waals surface area contributed by atoms with E-state index in [1.54, 1.807) is 32.4 Å². The van der Waals surface area contributed by atoms with Crippen LogP contribution in [0.4, 0.5) is 17.3 Å². The number of nitrogens with zero attached hydrogens (tertiary/aromatic N) is 7. The van der Waals surface area contributed by atoms with E-state index in [9.17, 15) is 15.1 Å². The van der Waals surface area contributed by atoms with Crippen LogP contribution in [0.25, 0.3) is 11.3 Å². The van der Waals surface area contributed by atoms with Crippen LogP contribution < -0.4 is 14.9 Å². The Balaban J connectivity index is 1.49. The minimum Gasteiger partial charge on any atom is -0.480 e.